The molecule has 0 bridgehead atoms. The van der Waals surface area contributed by atoms with E-state index in [1.807, 2.05) is 0 Å². The zero-order valence-electron chi connectivity index (χ0n) is 12.6. The summed E-state index contributed by atoms with van der Waals surface area (Å²) in [5.41, 5.74) is 0.872. The summed E-state index contributed by atoms with van der Waals surface area (Å²) in [7, 11) is 1.42. The second kappa shape index (κ2) is 7.83. The van der Waals surface area contributed by atoms with E-state index < -0.39 is 24.5 Å². The highest BCUT2D eigenvalue weighted by Crippen LogP contribution is 2.19. The van der Waals surface area contributed by atoms with Gasteiger partial charge in [0.2, 0.25) is 5.91 Å². The fraction of sp³-hybridized carbons (Fsp3) is 0.615. The van der Waals surface area contributed by atoms with Crippen LogP contribution in [0.15, 0.2) is 0 Å². The number of nitrogens with zero attached hydrogens (tertiary/aromatic N) is 2. The van der Waals surface area contributed by atoms with Crippen molar-refractivity contribution in [2.45, 2.75) is 39.3 Å². The minimum absolute atomic E-state index is 0.117. The Kier molecular flexibility index (Phi) is 6.41. The quantitative estimate of drug-likeness (QED) is 0.747. The molecule has 1 atom stereocenters. The summed E-state index contributed by atoms with van der Waals surface area (Å²) >= 11 is 0. The van der Waals surface area contributed by atoms with Gasteiger partial charge in [0.15, 0.2) is 0 Å². The molecule has 0 radical (unpaired) electrons. The SMILES string of the molecule is COCCC(NC(=O)Cc1c(C)nn(C(F)F)c1C)C(=O)O. The number of aliphatic carboxylic acids is 1. The van der Waals surface area contributed by atoms with Crippen LogP contribution in [0.4, 0.5) is 8.78 Å². The van der Waals surface area contributed by atoms with Gasteiger partial charge in [-0.1, -0.05) is 0 Å². The minimum atomic E-state index is -2.79. The number of carboxylic acids is 1. The van der Waals surface area contributed by atoms with Gasteiger partial charge in [-0.05, 0) is 13.8 Å². The van der Waals surface area contributed by atoms with Crippen LogP contribution in [-0.4, -0.2) is 46.5 Å². The topological polar surface area (TPSA) is 93.5 Å². The van der Waals surface area contributed by atoms with E-state index in [1.54, 1.807) is 0 Å². The van der Waals surface area contributed by atoms with Crippen molar-refractivity contribution in [3.63, 3.8) is 0 Å². The van der Waals surface area contributed by atoms with Gasteiger partial charge in [0, 0.05) is 31.4 Å². The standard InChI is InChI=1S/C13H19F2N3O4/c1-7-9(8(2)18(17-7)13(14)15)6-11(19)16-10(12(20)21)4-5-22-3/h10,13H,4-6H2,1-3H3,(H,16,19)(H,20,21). The average molecular weight is 319 g/mol. The molecule has 0 fully saturated rings. The van der Waals surface area contributed by atoms with Crippen molar-refractivity contribution in [2.24, 2.45) is 0 Å². The number of ether oxygens (including phenoxy) is 1. The molecule has 0 aliphatic rings. The maximum absolute atomic E-state index is 12.7. The third-order valence-electron chi connectivity index (χ3n) is 3.24. The number of aryl methyl sites for hydroxylation is 1. The molecule has 1 unspecified atom stereocenters. The van der Waals surface area contributed by atoms with Gasteiger partial charge in [0.25, 0.3) is 0 Å². The molecular weight excluding hydrogens is 300 g/mol. The monoisotopic (exact) mass is 319 g/mol. The van der Waals surface area contributed by atoms with E-state index in [-0.39, 0.29) is 25.1 Å². The summed E-state index contributed by atoms with van der Waals surface area (Å²) < 4.78 is 30.8. The lowest BCUT2D eigenvalue weighted by Crippen LogP contribution is -2.42. The third kappa shape index (κ3) is 4.48. The van der Waals surface area contributed by atoms with E-state index in [4.69, 9.17) is 9.84 Å². The first kappa shape index (κ1) is 18.0. The van der Waals surface area contributed by atoms with E-state index in [0.717, 1.165) is 0 Å². The fourth-order valence-electron chi connectivity index (χ4n) is 2.04. The number of carbonyl (C=O) groups is 2. The van der Waals surface area contributed by atoms with Crippen molar-refractivity contribution < 1.29 is 28.2 Å². The van der Waals surface area contributed by atoms with Gasteiger partial charge in [0.1, 0.15) is 6.04 Å². The number of carbonyl (C=O) groups excluding carboxylic acids is 1. The van der Waals surface area contributed by atoms with Gasteiger partial charge >= 0.3 is 12.5 Å². The number of halogens is 2. The molecule has 0 aliphatic heterocycles. The lowest BCUT2D eigenvalue weighted by molar-refractivity contribution is -0.142. The highest BCUT2D eigenvalue weighted by Gasteiger charge is 2.23. The molecule has 0 saturated carbocycles. The largest absolute Gasteiger partial charge is 0.480 e. The van der Waals surface area contributed by atoms with E-state index in [0.29, 0.717) is 15.9 Å². The van der Waals surface area contributed by atoms with E-state index >= 15 is 0 Å². The molecule has 0 saturated heterocycles. The molecule has 0 aromatic carbocycles. The molecule has 1 aromatic rings. The zero-order valence-corrected chi connectivity index (χ0v) is 12.6. The summed E-state index contributed by atoms with van der Waals surface area (Å²) in [4.78, 5) is 23.0. The molecule has 9 heteroatoms. The zero-order chi connectivity index (χ0) is 16.9. The Morgan fingerprint density at radius 3 is 2.50 bits per heavy atom. The van der Waals surface area contributed by atoms with Crippen LogP contribution in [-0.2, 0) is 20.7 Å². The number of nitrogens with one attached hydrogen (secondary N) is 1. The van der Waals surface area contributed by atoms with Crippen LogP contribution in [0.3, 0.4) is 0 Å². The van der Waals surface area contributed by atoms with Crippen molar-refractivity contribution in [2.75, 3.05) is 13.7 Å². The van der Waals surface area contributed by atoms with Crippen LogP contribution in [0.2, 0.25) is 0 Å². The summed E-state index contributed by atoms with van der Waals surface area (Å²) in [6.07, 6.45) is -0.0903. The van der Waals surface area contributed by atoms with Crippen LogP contribution in [0.25, 0.3) is 0 Å². The molecule has 2 N–H and O–H groups in total. The second-order valence-electron chi connectivity index (χ2n) is 4.79. The van der Waals surface area contributed by atoms with Gasteiger partial charge in [-0.2, -0.15) is 13.9 Å². The summed E-state index contributed by atoms with van der Waals surface area (Å²) in [5, 5.41) is 15.0. The Balaban J connectivity index is 2.78. The minimum Gasteiger partial charge on any atom is -0.480 e. The number of alkyl halides is 2. The van der Waals surface area contributed by atoms with Gasteiger partial charge in [-0.25, -0.2) is 9.48 Å². The lowest BCUT2D eigenvalue weighted by Gasteiger charge is -2.14. The average Bonchev–Trinajstić information content (AvgIpc) is 2.71. The highest BCUT2D eigenvalue weighted by molar-refractivity contribution is 5.85. The first-order chi connectivity index (χ1) is 10.3. The van der Waals surface area contributed by atoms with Crippen molar-refractivity contribution in [3.05, 3.63) is 17.0 Å². The smallest absolute Gasteiger partial charge is 0.333 e. The van der Waals surface area contributed by atoms with E-state index in [2.05, 4.69) is 10.4 Å². The van der Waals surface area contributed by atoms with E-state index in [9.17, 15) is 18.4 Å². The lowest BCUT2D eigenvalue weighted by atomic mass is 10.1. The predicted octanol–water partition coefficient (Wildman–Crippen LogP) is 1.04. The molecule has 124 valence electrons. The Morgan fingerprint density at radius 1 is 1.41 bits per heavy atom. The number of aromatic nitrogens is 2. The Hall–Kier alpha value is -2.03. The second-order valence-corrected chi connectivity index (χ2v) is 4.79. The molecule has 1 amide bonds. The summed E-state index contributed by atoms with van der Waals surface area (Å²) in [5.74, 6) is -1.74. The first-order valence-corrected chi connectivity index (χ1v) is 6.61. The molecule has 22 heavy (non-hydrogen) atoms. The number of hydrogen-bond acceptors (Lipinski definition) is 4. The van der Waals surface area contributed by atoms with Crippen LogP contribution in [0.5, 0.6) is 0 Å². The maximum atomic E-state index is 12.7. The predicted molar refractivity (Wildman–Crippen MR) is 72.7 cm³/mol. The van der Waals surface area contributed by atoms with Crippen molar-refractivity contribution >= 4 is 11.9 Å². The molecule has 1 aromatic heterocycles. The van der Waals surface area contributed by atoms with Gasteiger partial charge in [-0.3, -0.25) is 4.79 Å². The Morgan fingerprint density at radius 2 is 2.05 bits per heavy atom. The molecule has 1 rings (SSSR count). The van der Waals surface area contributed by atoms with Crippen LogP contribution in [0.1, 0.15) is 29.9 Å². The van der Waals surface area contributed by atoms with Crippen LogP contribution < -0.4 is 5.32 Å². The number of methoxy groups -OCH3 is 1. The third-order valence-corrected chi connectivity index (χ3v) is 3.24. The van der Waals surface area contributed by atoms with E-state index in [1.165, 1.54) is 21.0 Å². The van der Waals surface area contributed by atoms with Gasteiger partial charge in [-0.15, -0.1) is 0 Å². The van der Waals surface area contributed by atoms with Crippen molar-refractivity contribution in [3.8, 4) is 0 Å². The first-order valence-electron chi connectivity index (χ1n) is 6.61. The van der Waals surface area contributed by atoms with Crippen molar-refractivity contribution in [1.82, 2.24) is 15.1 Å². The number of rotatable bonds is 8. The number of hydrogen-bond donors (Lipinski definition) is 2. The maximum Gasteiger partial charge on any atom is 0.333 e. The molecule has 1 heterocycles. The van der Waals surface area contributed by atoms with Crippen molar-refractivity contribution in [1.29, 1.82) is 0 Å². The highest BCUT2D eigenvalue weighted by atomic mass is 19.3. The number of carboxylic acid groups (broad SMARTS) is 1. The number of amides is 1. The molecule has 7 nitrogen and oxygen atoms in total. The Bertz CT molecular complexity index is 546. The molecular formula is C13H19F2N3O4. The van der Waals surface area contributed by atoms with Gasteiger partial charge < -0.3 is 15.2 Å². The van der Waals surface area contributed by atoms with Crippen LogP contribution >= 0.6 is 0 Å². The van der Waals surface area contributed by atoms with Crippen LogP contribution in [0, 0.1) is 13.8 Å². The van der Waals surface area contributed by atoms with Gasteiger partial charge in [0.05, 0.1) is 12.1 Å². The fourth-order valence-corrected chi connectivity index (χ4v) is 2.04. The normalized spacial score (nSPS) is 12.5. The summed E-state index contributed by atoms with van der Waals surface area (Å²) in [6, 6.07) is -1.08. The summed E-state index contributed by atoms with van der Waals surface area (Å²) in [6.45, 7) is 0.352. The molecule has 0 spiro atoms. The molecule has 0 aliphatic carbocycles. The Labute approximate surface area is 126 Å².